The molecule has 2 unspecified atom stereocenters. The van der Waals surface area contributed by atoms with E-state index in [0.717, 1.165) is 18.6 Å². The molecule has 1 aliphatic carbocycles. The second-order valence-electron chi connectivity index (χ2n) is 6.50. The summed E-state index contributed by atoms with van der Waals surface area (Å²) >= 11 is 0. The lowest BCUT2D eigenvalue weighted by Crippen LogP contribution is -2.46. The number of hydrogen-bond acceptors (Lipinski definition) is 2. The van der Waals surface area contributed by atoms with Gasteiger partial charge in [0.2, 0.25) is 0 Å². The standard InChI is InChI=1S/C16H25NO/c1-11-5-6-12(2)14(9-11)18-15-10-16(3,4)8-7-13(15)17/h5-6,9,13,15H,7-8,10,17H2,1-4H3. The zero-order valence-electron chi connectivity index (χ0n) is 12.0. The van der Waals surface area contributed by atoms with E-state index < -0.39 is 0 Å². The largest absolute Gasteiger partial charge is 0.489 e. The molecule has 2 nitrogen and oxygen atoms in total. The van der Waals surface area contributed by atoms with Crippen LogP contribution in [0.3, 0.4) is 0 Å². The second-order valence-corrected chi connectivity index (χ2v) is 6.50. The molecule has 18 heavy (non-hydrogen) atoms. The molecule has 1 aliphatic rings. The van der Waals surface area contributed by atoms with Crippen LogP contribution in [0, 0.1) is 19.3 Å². The van der Waals surface area contributed by atoms with E-state index in [1.165, 1.54) is 17.5 Å². The fraction of sp³-hybridized carbons (Fsp3) is 0.625. The van der Waals surface area contributed by atoms with E-state index in [2.05, 4.69) is 45.9 Å². The van der Waals surface area contributed by atoms with Crippen LogP contribution in [0.2, 0.25) is 0 Å². The van der Waals surface area contributed by atoms with E-state index in [1.807, 2.05) is 0 Å². The van der Waals surface area contributed by atoms with E-state index in [-0.39, 0.29) is 12.1 Å². The Balaban J connectivity index is 2.14. The minimum absolute atomic E-state index is 0.147. The van der Waals surface area contributed by atoms with Gasteiger partial charge in [-0.2, -0.15) is 0 Å². The zero-order chi connectivity index (χ0) is 13.3. The van der Waals surface area contributed by atoms with Gasteiger partial charge in [0.15, 0.2) is 0 Å². The predicted octanol–water partition coefficient (Wildman–Crippen LogP) is 3.59. The van der Waals surface area contributed by atoms with E-state index >= 15 is 0 Å². The Kier molecular flexibility index (Phi) is 3.67. The number of aryl methyl sites for hydroxylation is 2. The highest BCUT2D eigenvalue weighted by molar-refractivity contribution is 5.36. The molecular weight excluding hydrogens is 222 g/mol. The Morgan fingerprint density at radius 1 is 1.28 bits per heavy atom. The van der Waals surface area contributed by atoms with Crippen LogP contribution in [0.5, 0.6) is 5.75 Å². The van der Waals surface area contributed by atoms with Gasteiger partial charge in [0.05, 0.1) is 0 Å². The highest BCUT2D eigenvalue weighted by Gasteiger charge is 2.34. The Labute approximate surface area is 111 Å². The Morgan fingerprint density at radius 2 is 2.00 bits per heavy atom. The minimum atomic E-state index is 0.147. The molecule has 0 spiro atoms. The lowest BCUT2D eigenvalue weighted by atomic mass is 9.74. The summed E-state index contributed by atoms with van der Waals surface area (Å²) in [5.41, 5.74) is 8.98. The third-order valence-corrected chi connectivity index (χ3v) is 4.01. The molecule has 1 saturated carbocycles. The first-order valence-corrected chi connectivity index (χ1v) is 6.87. The van der Waals surface area contributed by atoms with Gasteiger partial charge in [-0.1, -0.05) is 26.0 Å². The molecule has 1 aromatic carbocycles. The molecule has 1 fully saturated rings. The monoisotopic (exact) mass is 247 g/mol. The van der Waals surface area contributed by atoms with Crippen LogP contribution >= 0.6 is 0 Å². The summed E-state index contributed by atoms with van der Waals surface area (Å²) in [6, 6.07) is 6.51. The summed E-state index contributed by atoms with van der Waals surface area (Å²) in [7, 11) is 0. The average molecular weight is 247 g/mol. The van der Waals surface area contributed by atoms with Crippen LogP contribution in [0.4, 0.5) is 0 Å². The van der Waals surface area contributed by atoms with Gasteiger partial charge in [-0.3, -0.25) is 0 Å². The lowest BCUT2D eigenvalue weighted by molar-refractivity contribution is 0.0664. The van der Waals surface area contributed by atoms with Gasteiger partial charge in [-0.05, 0) is 55.7 Å². The van der Waals surface area contributed by atoms with Crippen molar-refractivity contribution in [2.45, 2.75) is 59.1 Å². The Morgan fingerprint density at radius 3 is 2.72 bits per heavy atom. The van der Waals surface area contributed by atoms with Crippen molar-refractivity contribution in [3.63, 3.8) is 0 Å². The molecule has 0 heterocycles. The molecule has 2 atom stereocenters. The normalized spacial score (nSPS) is 26.9. The fourth-order valence-corrected chi connectivity index (χ4v) is 2.67. The fourth-order valence-electron chi connectivity index (χ4n) is 2.67. The molecule has 0 aromatic heterocycles. The van der Waals surface area contributed by atoms with Crippen LogP contribution in [0.15, 0.2) is 18.2 Å². The highest BCUT2D eigenvalue weighted by atomic mass is 16.5. The van der Waals surface area contributed by atoms with Crippen molar-refractivity contribution >= 4 is 0 Å². The smallest absolute Gasteiger partial charge is 0.122 e. The van der Waals surface area contributed by atoms with Crippen LogP contribution in [0.25, 0.3) is 0 Å². The number of nitrogens with two attached hydrogens (primary N) is 1. The molecular formula is C16H25NO. The first-order chi connectivity index (χ1) is 8.37. The summed E-state index contributed by atoms with van der Waals surface area (Å²) in [6.07, 6.45) is 3.44. The minimum Gasteiger partial charge on any atom is -0.489 e. The molecule has 100 valence electrons. The van der Waals surface area contributed by atoms with Crippen molar-refractivity contribution in [2.75, 3.05) is 0 Å². The Bertz CT molecular complexity index is 425. The lowest BCUT2D eigenvalue weighted by Gasteiger charge is -2.39. The van der Waals surface area contributed by atoms with Crippen molar-refractivity contribution in [3.05, 3.63) is 29.3 Å². The maximum Gasteiger partial charge on any atom is 0.122 e. The van der Waals surface area contributed by atoms with Gasteiger partial charge in [-0.15, -0.1) is 0 Å². The third-order valence-electron chi connectivity index (χ3n) is 4.01. The summed E-state index contributed by atoms with van der Waals surface area (Å²) < 4.78 is 6.19. The van der Waals surface area contributed by atoms with Gasteiger partial charge in [0.1, 0.15) is 11.9 Å². The van der Waals surface area contributed by atoms with Crippen molar-refractivity contribution in [3.8, 4) is 5.75 Å². The number of hydrogen-bond donors (Lipinski definition) is 1. The van der Waals surface area contributed by atoms with E-state index in [0.29, 0.717) is 5.41 Å². The molecule has 0 aliphatic heterocycles. The van der Waals surface area contributed by atoms with Crippen molar-refractivity contribution in [1.82, 2.24) is 0 Å². The molecule has 2 rings (SSSR count). The molecule has 0 amide bonds. The van der Waals surface area contributed by atoms with Crippen molar-refractivity contribution < 1.29 is 4.74 Å². The molecule has 0 saturated heterocycles. The molecule has 0 radical (unpaired) electrons. The molecule has 2 N–H and O–H groups in total. The maximum atomic E-state index is 6.21. The van der Waals surface area contributed by atoms with Crippen molar-refractivity contribution in [1.29, 1.82) is 0 Å². The molecule has 1 aromatic rings. The third kappa shape index (κ3) is 3.05. The van der Waals surface area contributed by atoms with Crippen LogP contribution in [-0.4, -0.2) is 12.1 Å². The summed E-state index contributed by atoms with van der Waals surface area (Å²) in [5.74, 6) is 0.994. The van der Waals surface area contributed by atoms with E-state index in [9.17, 15) is 0 Å². The number of benzene rings is 1. The number of ether oxygens (including phenoxy) is 1. The first-order valence-electron chi connectivity index (χ1n) is 6.87. The van der Waals surface area contributed by atoms with E-state index in [1.54, 1.807) is 0 Å². The highest BCUT2D eigenvalue weighted by Crippen LogP contribution is 2.37. The van der Waals surface area contributed by atoms with Gasteiger partial charge in [0, 0.05) is 6.04 Å². The second kappa shape index (κ2) is 4.93. The summed E-state index contributed by atoms with van der Waals surface area (Å²) in [6.45, 7) is 8.79. The van der Waals surface area contributed by atoms with Gasteiger partial charge in [0.25, 0.3) is 0 Å². The summed E-state index contributed by atoms with van der Waals surface area (Å²) in [5, 5.41) is 0. The van der Waals surface area contributed by atoms with E-state index in [4.69, 9.17) is 10.5 Å². The van der Waals surface area contributed by atoms with Crippen LogP contribution in [-0.2, 0) is 0 Å². The van der Waals surface area contributed by atoms with Gasteiger partial charge in [-0.25, -0.2) is 0 Å². The number of rotatable bonds is 2. The molecule has 0 bridgehead atoms. The van der Waals surface area contributed by atoms with Crippen molar-refractivity contribution in [2.24, 2.45) is 11.1 Å². The molecule has 2 heteroatoms. The maximum absolute atomic E-state index is 6.21. The van der Waals surface area contributed by atoms with Gasteiger partial charge >= 0.3 is 0 Å². The SMILES string of the molecule is Cc1ccc(C)c(OC2CC(C)(C)CCC2N)c1. The average Bonchev–Trinajstić information content (AvgIpc) is 2.28. The summed E-state index contributed by atoms with van der Waals surface area (Å²) in [4.78, 5) is 0. The quantitative estimate of drug-likeness (QED) is 0.867. The first kappa shape index (κ1) is 13.4. The van der Waals surface area contributed by atoms with Crippen LogP contribution in [0.1, 0.15) is 44.2 Å². The van der Waals surface area contributed by atoms with Crippen LogP contribution < -0.4 is 10.5 Å². The zero-order valence-corrected chi connectivity index (χ0v) is 12.0. The Hall–Kier alpha value is -1.02. The van der Waals surface area contributed by atoms with Gasteiger partial charge < -0.3 is 10.5 Å². The predicted molar refractivity (Wildman–Crippen MR) is 75.9 cm³/mol. The topological polar surface area (TPSA) is 35.2 Å².